The molecular formula is C41H43O3S+. The molecule has 1 aliphatic rings. The van der Waals surface area contributed by atoms with E-state index < -0.39 is 10.1 Å². The van der Waals surface area contributed by atoms with Crippen LogP contribution in [0.15, 0.2) is 101 Å². The average molecular weight is 616 g/mol. The molecule has 0 aliphatic heterocycles. The first-order valence-electron chi connectivity index (χ1n) is 15.5. The largest absolute Gasteiger partial charge is 0.295 e. The van der Waals surface area contributed by atoms with Gasteiger partial charge in [0, 0.05) is 40.8 Å². The van der Waals surface area contributed by atoms with Crippen LogP contribution in [0.25, 0.3) is 5.57 Å². The second-order valence-corrected chi connectivity index (χ2v) is 14.0. The van der Waals surface area contributed by atoms with E-state index in [0.717, 1.165) is 28.7 Å². The Morgan fingerprint density at radius 1 is 0.689 bits per heavy atom. The van der Waals surface area contributed by atoms with Crippen molar-refractivity contribution in [2.75, 3.05) is 0 Å². The van der Waals surface area contributed by atoms with Crippen molar-refractivity contribution in [2.24, 2.45) is 0 Å². The van der Waals surface area contributed by atoms with Crippen LogP contribution in [0.4, 0.5) is 0 Å². The molecule has 3 nitrogen and oxygen atoms in total. The summed E-state index contributed by atoms with van der Waals surface area (Å²) < 4.78 is 34.2. The molecule has 0 spiro atoms. The Morgan fingerprint density at radius 3 is 1.67 bits per heavy atom. The van der Waals surface area contributed by atoms with E-state index >= 15 is 0 Å². The summed E-state index contributed by atoms with van der Waals surface area (Å²) in [5.41, 5.74) is 16.8. The second kappa shape index (κ2) is 12.7. The first-order valence-corrected chi connectivity index (χ1v) is 16.9. The van der Waals surface area contributed by atoms with E-state index in [1.165, 1.54) is 56.0 Å². The van der Waals surface area contributed by atoms with Crippen LogP contribution in [0.5, 0.6) is 0 Å². The minimum atomic E-state index is -4.31. The number of aryl methyl sites for hydroxylation is 5. The molecule has 1 N–H and O–H groups in total. The molecule has 0 amide bonds. The fourth-order valence-electron chi connectivity index (χ4n) is 7.01. The molecule has 0 heterocycles. The van der Waals surface area contributed by atoms with Crippen LogP contribution in [0.3, 0.4) is 0 Å². The second-order valence-electron chi connectivity index (χ2n) is 12.7. The van der Waals surface area contributed by atoms with Crippen molar-refractivity contribution in [2.45, 2.75) is 73.1 Å². The van der Waals surface area contributed by atoms with Gasteiger partial charge in [0.25, 0.3) is 10.1 Å². The molecule has 0 aromatic heterocycles. The highest BCUT2D eigenvalue weighted by Gasteiger charge is 2.27. The summed E-state index contributed by atoms with van der Waals surface area (Å²) in [6.45, 7) is 16.4. The van der Waals surface area contributed by atoms with Gasteiger partial charge in [0.2, 0.25) is 0 Å². The van der Waals surface area contributed by atoms with Crippen molar-refractivity contribution in [3.05, 3.63) is 169 Å². The van der Waals surface area contributed by atoms with Gasteiger partial charge in [0.15, 0.2) is 0 Å². The molecule has 0 saturated heterocycles. The Balaban J connectivity index is 1.52. The molecule has 4 aromatic rings. The fraction of sp³-hybridized carbons (Fsp3) is 0.244. The van der Waals surface area contributed by atoms with Gasteiger partial charge in [0.05, 0.1) is 10.5 Å². The maximum Gasteiger partial charge on any atom is 0.295 e. The number of hydrogen-bond acceptors (Lipinski definition) is 2. The Labute approximate surface area is 269 Å². The van der Waals surface area contributed by atoms with Gasteiger partial charge >= 0.3 is 0 Å². The number of rotatable bonds is 7. The van der Waals surface area contributed by atoms with Crippen LogP contribution >= 0.6 is 0 Å². The summed E-state index contributed by atoms with van der Waals surface area (Å²) in [5, 5.41) is 0. The van der Waals surface area contributed by atoms with Gasteiger partial charge in [-0.15, -0.1) is 0 Å². The molecule has 4 heteroatoms. The molecule has 0 radical (unpaired) electrons. The van der Waals surface area contributed by atoms with Crippen molar-refractivity contribution in [1.82, 2.24) is 0 Å². The number of benzene rings is 4. The van der Waals surface area contributed by atoms with Crippen LogP contribution in [0, 0.1) is 47.5 Å². The highest BCUT2D eigenvalue weighted by molar-refractivity contribution is 7.86. The standard InChI is InChI=1S/C41H42O3S/c1-25-20-28(4)37(29(5)21-25)23-33-12-16-35(17-13-33)40(39-26(2)10-9-11-27(39)3)36-18-14-34(15-19-36)24-38-30(6)22-31(7)41(32(38)8)45(42,43)44/h9-22H,23-24H2,1-8H3/p+1. The highest BCUT2D eigenvalue weighted by Crippen LogP contribution is 2.38. The normalized spacial score (nSPS) is 14.5. The van der Waals surface area contributed by atoms with Crippen LogP contribution in [-0.2, 0) is 23.0 Å². The zero-order valence-corrected chi connectivity index (χ0v) is 28.5. The molecule has 5 rings (SSSR count). The lowest BCUT2D eigenvalue weighted by Gasteiger charge is -2.18. The fourth-order valence-corrected chi connectivity index (χ4v) is 7.99. The van der Waals surface area contributed by atoms with E-state index in [1.54, 1.807) is 13.8 Å². The Hall–Kier alpha value is -4.12. The van der Waals surface area contributed by atoms with E-state index in [2.05, 4.69) is 114 Å². The lowest BCUT2D eigenvalue weighted by Crippen LogP contribution is -2.08. The van der Waals surface area contributed by atoms with Gasteiger partial charge in [0.1, 0.15) is 5.57 Å². The van der Waals surface area contributed by atoms with Gasteiger partial charge in [-0.1, -0.05) is 48.0 Å². The smallest absolute Gasteiger partial charge is 0.282 e. The molecule has 0 atom stereocenters. The molecule has 0 saturated carbocycles. The molecule has 1 aliphatic carbocycles. The van der Waals surface area contributed by atoms with E-state index in [9.17, 15) is 13.0 Å². The van der Waals surface area contributed by atoms with Gasteiger partial charge in [-0.3, -0.25) is 4.55 Å². The third-order valence-electron chi connectivity index (χ3n) is 9.14. The predicted octanol–water partition coefficient (Wildman–Crippen LogP) is 9.88. The summed E-state index contributed by atoms with van der Waals surface area (Å²) in [4.78, 5) is 0.0153. The lowest BCUT2D eigenvalue weighted by molar-refractivity contribution is 0.481. The van der Waals surface area contributed by atoms with Crippen molar-refractivity contribution < 1.29 is 13.0 Å². The van der Waals surface area contributed by atoms with E-state index in [4.69, 9.17) is 0 Å². The quantitative estimate of drug-likeness (QED) is 0.166. The summed E-state index contributed by atoms with van der Waals surface area (Å²) in [6.07, 6.45) is 7.93. The Morgan fingerprint density at radius 2 is 1.18 bits per heavy atom. The molecule has 45 heavy (non-hydrogen) atoms. The van der Waals surface area contributed by atoms with Crippen LogP contribution in [0.1, 0.15) is 80.6 Å². The van der Waals surface area contributed by atoms with Gasteiger partial charge < -0.3 is 0 Å². The topological polar surface area (TPSA) is 54.4 Å². The van der Waals surface area contributed by atoms with E-state index in [0.29, 0.717) is 17.5 Å². The Kier molecular flexibility index (Phi) is 9.11. The van der Waals surface area contributed by atoms with Gasteiger partial charge in [-0.2, -0.15) is 8.42 Å². The maximum atomic E-state index is 12.1. The predicted molar refractivity (Wildman–Crippen MR) is 187 cm³/mol. The molecular weight excluding hydrogens is 573 g/mol. The van der Waals surface area contributed by atoms with Gasteiger partial charge in [-0.25, -0.2) is 0 Å². The van der Waals surface area contributed by atoms with Crippen LogP contribution in [0.2, 0.25) is 0 Å². The van der Waals surface area contributed by atoms with Crippen LogP contribution < -0.4 is 0 Å². The molecule has 4 aromatic carbocycles. The van der Waals surface area contributed by atoms with Gasteiger partial charge in [-0.05, 0) is 143 Å². The summed E-state index contributed by atoms with van der Waals surface area (Å²) in [7, 11) is -4.31. The molecule has 0 unspecified atom stereocenters. The third kappa shape index (κ3) is 6.78. The van der Waals surface area contributed by atoms with E-state index in [1.807, 2.05) is 13.0 Å². The summed E-state index contributed by atoms with van der Waals surface area (Å²) in [6, 6.07) is 24.0. The Bertz CT molecular complexity index is 1950. The monoisotopic (exact) mass is 615 g/mol. The third-order valence-corrected chi connectivity index (χ3v) is 10.3. The molecule has 0 fully saturated rings. The minimum Gasteiger partial charge on any atom is -0.282 e. The highest BCUT2D eigenvalue weighted by atomic mass is 32.2. The van der Waals surface area contributed by atoms with Crippen molar-refractivity contribution >= 4 is 15.7 Å². The van der Waals surface area contributed by atoms with Crippen molar-refractivity contribution in [3.63, 3.8) is 0 Å². The van der Waals surface area contributed by atoms with E-state index in [-0.39, 0.29) is 4.90 Å². The maximum absolute atomic E-state index is 12.1. The first kappa shape index (κ1) is 32.3. The number of hydrogen-bond donors (Lipinski definition) is 1. The minimum absolute atomic E-state index is 0.0153. The number of allylic oxidation sites excluding steroid dienone is 5. The van der Waals surface area contributed by atoms with Crippen molar-refractivity contribution in [3.8, 4) is 0 Å². The summed E-state index contributed by atoms with van der Waals surface area (Å²) >= 11 is 0. The zero-order valence-electron chi connectivity index (χ0n) is 27.7. The van der Waals surface area contributed by atoms with Crippen LogP contribution in [-0.4, -0.2) is 13.0 Å². The lowest BCUT2D eigenvalue weighted by atomic mass is 9.81. The summed E-state index contributed by atoms with van der Waals surface area (Å²) in [5.74, 6) is 1.23. The first-order chi connectivity index (χ1) is 21.2. The SMILES string of the molecule is CC1=CC=C[C+](C)C1=C(c1ccc(Cc2c(C)cc(C)cc2C)cc1)c1ccc(Cc2c(C)cc(C)c(S(=O)(=O)O)c2C)cc1. The molecule has 230 valence electrons. The average Bonchev–Trinajstić information content (AvgIpc) is 2.95. The van der Waals surface area contributed by atoms with Crippen molar-refractivity contribution in [1.29, 1.82) is 0 Å². The molecule has 0 bridgehead atoms. The zero-order chi connectivity index (χ0) is 32.6.